The smallest absolute Gasteiger partial charge is 0.349 e. The minimum absolute atomic E-state index is 0.0862. The Hall–Kier alpha value is -4.14. The highest BCUT2D eigenvalue weighted by atomic mass is 16.5. The first-order valence-corrected chi connectivity index (χ1v) is 9.08. The maximum absolute atomic E-state index is 12.5. The second-order valence-corrected chi connectivity index (χ2v) is 6.34. The number of carbonyl (C=O) groups is 1. The molecule has 0 aliphatic heterocycles. The summed E-state index contributed by atoms with van der Waals surface area (Å²) in [5.41, 5.74) is -0.473. The molecule has 3 heterocycles. The van der Waals surface area contributed by atoms with Crippen molar-refractivity contribution in [2.75, 3.05) is 13.7 Å². The molecule has 0 bridgehead atoms. The van der Waals surface area contributed by atoms with Gasteiger partial charge in [0.15, 0.2) is 17.1 Å². The van der Waals surface area contributed by atoms with E-state index < -0.39 is 11.5 Å². The third kappa shape index (κ3) is 3.72. The lowest BCUT2D eigenvalue weighted by Crippen LogP contribution is -2.33. The summed E-state index contributed by atoms with van der Waals surface area (Å²) in [6, 6.07) is 12.9. The number of carbonyl (C=O) groups excluding carboxylic acids is 1. The van der Waals surface area contributed by atoms with Crippen LogP contribution < -0.4 is 21.2 Å². The molecule has 0 aliphatic rings. The van der Waals surface area contributed by atoms with Crippen LogP contribution in [0.3, 0.4) is 0 Å². The third-order valence-electron chi connectivity index (χ3n) is 4.44. The number of hydrogen-bond donors (Lipinski definition) is 1. The molecular formula is C21H17N3O6. The molecule has 1 amide bonds. The Labute approximate surface area is 169 Å². The first-order chi connectivity index (χ1) is 14.6. The Morgan fingerprint density at radius 3 is 2.80 bits per heavy atom. The van der Waals surface area contributed by atoms with Gasteiger partial charge < -0.3 is 18.9 Å². The number of nitrogens with one attached hydrogen (secondary N) is 1. The van der Waals surface area contributed by atoms with E-state index >= 15 is 0 Å². The Morgan fingerprint density at radius 1 is 1.17 bits per heavy atom. The average Bonchev–Trinajstić information content (AvgIpc) is 3.29. The van der Waals surface area contributed by atoms with Gasteiger partial charge in [-0.3, -0.25) is 9.59 Å². The molecule has 3 aromatic heterocycles. The third-order valence-corrected chi connectivity index (χ3v) is 4.44. The molecule has 30 heavy (non-hydrogen) atoms. The molecule has 0 fully saturated rings. The number of hydrogen-bond acceptors (Lipinski definition) is 7. The summed E-state index contributed by atoms with van der Waals surface area (Å²) in [5.74, 6) is 0.319. The summed E-state index contributed by atoms with van der Waals surface area (Å²) < 4.78 is 16.9. The van der Waals surface area contributed by atoms with Crippen molar-refractivity contribution in [2.45, 2.75) is 6.54 Å². The molecule has 0 radical (unpaired) electrons. The number of amides is 1. The molecule has 4 aromatic rings. The Balaban J connectivity index is 1.49. The maximum Gasteiger partial charge on any atom is 0.349 e. The van der Waals surface area contributed by atoms with Crippen molar-refractivity contribution in [3.63, 3.8) is 0 Å². The van der Waals surface area contributed by atoms with E-state index in [0.29, 0.717) is 22.6 Å². The van der Waals surface area contributed by atoms with Crippen LogP contribution in [0.5, 0.6) is 5.75 Å². The Kier molecular flexibility index (Phi) is 5.17. The van der Waals surface area contributed by atoms with Crippen molar-refractivity contribution in [3.05, 3.63) is 81.1 Å². The second kappa shape index (κ2) is 8.08. The van der Waals surface area contributed by atoms with E-state index in [2.05, 4.69) is 10.4 Å². The van der Waals surface area contributed by atoms with E-state index in [4.69, 9.17) is 13.6 Å². The molecule has 1 N–H and O–H groups in total. The number of furan rings is 1. The predicted octanol–water partition coefficient (Wildman–Crippen LogP) is 2.05. The quantitative estimate of drug-likeness (QED) is 0.486. The first-order valence-electron chi connectivity index (χ1n) is 9.08. The largest absolute Gasteiger partial charge is 0.493 e. The monoisotopic (exact) mass is 407 g/mol. The van der Waals surface area contributed by atoms with Gasteiger partial charge in [-0.2, -0.15) is 5.10 Å². The highest BCUT2D eigenvalue weighted by Crippen LogP contribution is 2.24. The van der Waals surface area contributed by atoms with Crippen molar-refractivity contribution >= 4 is 16.9 Å². The molecule has 152 valence electrons. The van der Waals surface area contributed by atoms with Crippen LogP contribution in [-0.4, -0.2) is 29.3 Å². The molecule has 0 saturated heterocycles. The van der Waals surface area contributed by atoms with E-state index in [1.807, 2.05) is 0 Å². The predicted molar refractivity (Wildman–Crippen MR) is 108 cm³/mol. The maximum atomic E-state index is 12.5. The van der Waals surface area contributed by atoms with Gasteiger partial charge >= 0.3 is 5.63 Å². The molecule has 1 aromatic carbocycles. The summed E-state index contributed by atoms with van der Waals surface area (Å²) in [6.07, 6.45) is 1.51. The second-order valence-electron chi connectivity index (χ2n) is 6.34. The van der Waals surface area contributed by atoms with Gasteiger partial charge in [-0.25, -0.2) is 9.48 Å². The van der Waals surface area contributed by atoms with Crippen molar-refractivity contribution < 1.29 is 18.4 Å². The van der Waals surface area contributed by atoms with Gasteiger partial charge in [0, 0.05) is 18.0 Å². The number of nitrogens with zero attached hydrogens (tertiary/aromatic N) is 2. The standard InChI is InChI=1S/C21H17N3O6/c1-28-17-5-2-4-13-12-14(21(27)30-19(13)17)20(26)22-9-10-24-18(25)8-7-15(23-24)16-6-3-11-29-16/h2-8,11-12H,9-10H2,1H3,(H,22,26). The van der Waals surface area contributed by atoms with E-state index in [9.17, 15) is 14.4 Å². The molecule has 0 unspecified atom stereocenters. The van der Waals surface area contributed by atoms with Gasteiger partial charge in [-0.05, 0) is 30.3 Å². The number of methoxy groups -OCH3 is 1. The van der Waals surface area contributed by atoms with Crippen LogP contribution in [0.2, 0.25) is 0 Å². The van der Waals surface area contributed by atoms with Crippen LogP contribution >= 0.6 is 0 Å². The van der Waals surface area contributed by atoms with Gasteiger partial charge in [0.1, 0.15) is 11.3 Å². The van der Waals surface area contributed by atoms with Crippen molar-refractivity contribution in [1.82, 2.24) is 15.1 Å². The van der Waals surface area contributed by atoms with Crippen molar-refractivity contribution in [3.8, 4) is 17.2 Å². The number of benzene rings is 1. The van der Waals surface area contributed by atoms with Crippen LogP contribution in [-0.2, 0) is 6.54 Å². The summed E-state index contributed by atoms with van der Waals surface area (Å²) in [4.78, 5) is 36.7. The topological polar surface area (TPSA) is 117 Å². The zero-order chi connectivity index (χ0) is 21.1. The Bertz CT molecular complexity index is 1320. The number of para-hydroxylation sites is 1. The average molecular weight is 407 g/mol. The molecule has 9 nitrogen and oxygen atoms in total. The molecule has 0 spiro atoms. The lowest BCUT2D eigenvalue weighted by molar-refractivity contribution is 0.0948. The van der Waals surface area contributed by atoms with E-state index in [-0.39, 0.29) is 29.8 Å². The molecule has 0 aliphatic carbocycles. The van der Waals surface area contributed by atoms with E-state index in [1.54, 1.807) is 36.4 Å². The lowest BCUT2D eigenvalue weighted by atomic mass is 10.1. The van der Waals surface area contributed by atoms with Crippen LogP contribution in [0.4, 0.5) is 0 Å². The SMILES string of the molecule is COc1cccc2cc(C(=O)NCCn3nc(-c4ccco4)ccc3=O)c(=O)oc12. The number of rotatable bonds is 6. The molecule has 0 saturated carbocycles. The van der Waals surface area contributed by atoms with Crippen LogP contribution in [0.1, 0.15) is 10.4 Å². The van der Waals surface area contributed by atoms with Crippen molar-refractivity contribution in [1.29, 1.82) is 0 Å². The highest BCUT2D eigenvalue weighted by Gasteiger charge is 2.15. The normalized spacial score (nSPS) is 10.8. The molecular weight excluding hydrogens is 390 g/mol. The molecule has 4 rings (SSSR count). The number of fused-ring (bicyclic) bond motifs is 1. The lowest BCUT2D eigenvalue weighted by Gasteiger charge is -2.08. The fourth-order valence-corrected chi connectivity index (χ4v) is 2.97. The number of aromatic nitrogens is 2. The zero-order valence-electron chi connectivity index (χ0n) is 16.0. The van der Waals surface area contributed by atoms with Gasteiger partial charge in [-0.1, -0.05) is 12.1 Å². The van der Waals surface area contributed by atoms with Gasteiger partial charge in [0.25, 0.3) is 11.5 Å². The summed E-state index contributed by atoms with van der Waals surface area (Å²) in [6.45, 7) is 0.203. The van der Waals surface area contributed by atoms with E-state index in [0.717, 1.165) is 0 Å². The first kappa shape index (κ1) is 19.2. The zero-order valence-corrected chi connectivity index (χ0v) is 16.0. The van der Waals surface area contributed by atoms with Crippen LogP contribution in [0.15, 0.2) is 73.2 Å². The molecule has 9 heteroatoms. The highest BCUT2D eigenvalue weighted by molar-refractivity contribution is 5.97. The fourth-order valence-electron chi connectivity index (χ4n) is 2.97. The summed E-state index contributed by atoms with van der Waals surface area (Å²) in [7, 11) is 1.46. The minimum Gasteiger partial charge on any atom is -0.493 e. The number of ether oxygens (including phenoxy) is 1. The molecule has 0 atom stereocenters. The van der Waals surface area contributed by atoms with Gasteiger partial charge in [0.2, 0.25) is 0 Å². The van der Waals surface area contributed by atoms with Crippen LogP contribution in [0, 0.1) is 0 Å². The van der Waals surface area contributed by atoms with Gasteiger partial charge in [-0.15, -0.1) is 0 Å². The summed E-state index contributed by atoms with van der Waals surface area (Å²) >= 11 is 0. The summed E-state index contributed by atoms with van der Waals surface area (Å²) in [5, 5.41) is 7.40. The van der Waals surface area contributed by atoms with E-state index in [1.165, 1.54) is 30.2 Å². The fraction of sp³-hybridized carbons (Fsp3) is 0.143. The van der Waals surface area contributed by atoms with Gasteiger partial charge in [0.05, 0.1) is 19.9 Å². The minimum atomic E-state index is -0.778. The van der Waals surface area contributed by atoms with Crippen LogP contribution in [0.25, 0.3) is 22.4 Å². The van der Waals surface area contributed by atoms with Crippen molar-refractivity contribution in [2.24, 2.45) is 0 Å². The Morgan fingerprint density at radius 2 is 2.03 bits per heavy atom.